The van der Waals surface area contributed by atoms with Gasteiger partial charge in [-0.15, -0.1) is 0 Å². The quantitative estimate of drug-likeness (QED) is 0.857. The first-order valence-corrected chi connectivity index (χ1v) is 7.73. The van der Waals surface area contributed by atoms with Crippen molar-refractivity contribution in [3.05, 3.63) is 29.3 Å². The molecule has 22 heavy (non-hydrogen) atoms. The van der Waals surface area contributed by atoms with E-state index in [1.165, 1.54) is 21.7 Å². The molecule has 2 aliphatic heterocycles. The summed E-state index contributed by atoms with van der Waals surface area (Å²) in [6.07, 6.45) is 0. The fourth-order valence-electron chi connectivity index (χ4n) is 3.04. The first kappa shape index (κ1) is 14.7. The molecule has 0 unspecified atom stereocenters. The number of nitrogens with one attached hydrogen (secondary N) is 1. The van der Waals surface area contributed by atoms with Crippen LogP contribution in [0.3, 0.4) is 0 Å². The first-order valence-electron chi connectivity index (χ1n) is 7.73. The van der Waals surface area contributed by atoms with Gasteiger partial charge in [-0.05, 0) is 31.0 Å². The number of carbonyl (C=O) groups is 2. The Kier molecular flexibility index (Phi) is 3.92. The lowest BCUT2D eigenvalue weighted by Gasteiger charge is -2.37. The fraction of sp³-hybridized carbons (Fsp3) is 0.500. The number of urea groups is 2. The normalized spacial score (nSPS) is 18.6. The van der Waals surface area contributed by atoms with Crippen LogP contribution in [0.25, 0.3) is 0 Å². The first-order chi connectivity index (χ1) is 10.6. The second-order valence-electron chi connectivity index (χ2n) is 5.86. The molecule has 0 radical (unpaired) electrons. The molecule has 1 aromatic carbocycles. The lowest BCUT2D eigenvalue weighted by Crippen LogP contribution is -2.53. The van der Waals surface area contributed by atoms with Gasteiger partial charge < -0.3 is 15.1 Å². The summed E-state index contributed by atoms with van der Waals surface area (Å²) < 4.78 is 0. The summed E-state index contributed by atoms with van der Waals surface area (Å²) >= 11 is 0. The molecule has 3 rings (SSSR count). The van der Waals surface area contributed by atoms with Crippen molar-refractivity contribution in [1.82, 2.24) is 15.1 Å². The third kappa shape index (κ3) is 2.61. The Morgan fingerprint density at radius 1 is 1.09 bits per heavy atom. The molecule has 2 saturated heterocycles. The molecule has 4 amide bonds. The van der Waals surface area contributed by atoms with Crippen LogP contribution in [0, 0.1) is 13.8 Å². The summed E-state index contributed by atoms with van der Waals surface area (Å²) in [4.78, 5) is 29.3. The Morgan fingerprint density at radius 3 is 2.45 bits per heavy atom. The molecular weight excluding hydrogens is 280 g/mol. The molecule has 1 aromatic rings. The minimum Gasteiger partial charge on any atom is -0.368 e. The van der Waals surface area contributed by atoms with E-state index in [1.54, 1.807) is 4.90 Å². The zero-order valence-electron chi connectivity index (χ0n) is 13.1. The number of benzene rings is 1. The lowest BCUT2D eigenvalue weighted by atomic mass is 10.1. The molecule has 118 valence electrons. The van der Waals surface area contributed by atoms with Crippen LogP contribution < -0.4 is 10.2 Å². The van der Waals surface area contributed by atoms with Crippen molar-refractivity contribution in [3.8, 4) is 0 Å². The maximum atomic E-state index is 12.3. The number of hydrogen-bond donors (Lipinski definition) is 1. The Bertz CT molecular complexity index is 594. The molecule has 0 saturated carbocycles. The molecule has 2 fully saturated rings. The number of imide groups is 1. The molecule has 0 aromatic heterocycles. The molecule has 6 heteroatoms. The van der Waals surface area contributed by atoms with Gasteiger partial charge >= 0.3 is 12.1 Å². The van der Waals surface area contributed by atoms with Gasteiger partial charge in [-0.2, -0.15) is 0 Å². The number of piperazine rings is 1. The van der Waals surface area contributed by atoms with E-state index in [2.05, 4.69) is 42.3 Å². The summed E-state index contributed by atoms with van der Waals surface area (Å²) in [6.45, 7) is 8.16. The maximum absolute atomic E-state index is 12.3. The molecule has 2 aliphatic rings. The van der Waals surface area contributed by atoms with Crippen LogP contribution in [0.1, 0.15) is 11.1 Å². The highest BCUT2D eigenvalue weighted by molar-refractivity contribution is 5.95. The van der Waals surface area contributed by atoms with E-state index >= 15 is 0 Å². The largest absolute Gasteiger partial charge is 0.368 e. The highest BCUT2D eigenvalue weighted by atomic mass is 16.2. The van der Waals surface area contributed by atoms with Crippen molar-refractivity contribution in [2.45, 2.75) is 13.8 Å². The van der Waals surface area contributed by atoms with Crippen molar-refractivity contribution in [2.75, 3.05) is 44.2 Å². The second-order valence-corrected chi connectivity index (χ2v) is 5.86. The third-order valence-electron chi connectivity index (χ3n) is 4.55. The standard InChI is InChI=1S/C16H22N4O2/c1-12-4-3-5-14(13(12)2)18-8-10-19(11-9-18)16(22)20-7-6-17-15(20)21/h3-5H,6-11H2,1-2H3,(H,17,21). The second kappa shape index (κ2) is 5.87. The minimum atomic E-state index is -0.276. The van der Waals surface area contributed by atoms with Crippen molar-refractivity contribution < 1.29 is 9.59 Å². The maximum Gasteiger partial charge on any atom is 0.328 e. The van der Waals surface area contributed by atoms with Gasteiger partial charge in [-0.25, -0.2) is 14.5 Å². The summed E-state index contributed by atoms with van der Waals surface area (Å²) in [5, 5.41) is 2.67. The molecular formula is C16H22N4O2. The van der Waals surface area contributed by atoms with Gasteiger partial charge in [0.15, 0.2) is 0 Å². The highest BCUT2D eigenvalue weighted by Gasteiger charge is 2.31. The Labute approximate surface area is 130 Å². The number of carbonyl (C=O) groups excluding carboxylic acids is 2. The van der Waals surface area contributed by atoms with Gasteiger partial charge in [0.2, 0.25) is 0 Å². The summed E-state index contributed by atoms with van der Waals surface area (Å²) in [6, 6.07) is 5.87. The van der Waals surface area contributed by atoms with Crippen LogP contribution in [0.2, 0.25) is 0 Å². The number of aryl methyl sites for hydroxylation is 1. The van der Waals surface area contributed by atoms with Crippen LogP contribution in [0.15, 0.2) is 18.2 Å². The number of amides is 4. The predicted octanol–water partition coefficient (Wildman–Crippen LogP) is 1.57. The molecule has 6 nitrogen and oxygen atoms in total. The van der Waals surface area contributed by atoms with Crippen molar-refractivity contribution in [1.29, 1.82) is 0 Å². The monoisotopic (exact) mass is 302 g/mol. The fourth-order valence-corrected chi connectivity index (χ4v) is 3.04. The molecule has 0 aliphatic carbocycles. The van der Waals surface area contributed by atoms with E-state index in [0.717, 1.165) is 13.1 Å². The lowest BCUT2D eigenvalue weighted by molar-refractivity contribution is 0.161. The average molecular weight is 302 g/mol. The average Bonchev–Trinajstić information content (AvgIpc) is 2.96. The van der Waals surface area contributed by atoms with Crippen molar-refractivity contribution in [3.63, 3.8) is 0 Å². The summed E-state index contributed by atoms with van der Waals surface area (Å²) in [5.74, 6) is 0. The topological polar surface area (TPSA) is 55.9 Å². The zero-order valence-corrected chi connectivity index (χ0v) is 13.1. The van der Waals surface area contributed by atoms with Crippen LogP contribution in [0.5, 0.6) is 0 Å². The third-order valence-corrected chi connectivity index (χ3v) is 4.55. The molecule has 2 heterocycles. The summed E-state index contributed by atoms with van der Waals surface area (Å²) in [7, 11) is 0. The van der Waals surface area contributed by atoms with Gasteiger partial charge in [0.1, 0.15) is 0 Å². The number of anilines is 1. The summed E-state index contributed by atoms with van der Waals surface area (Å²) in [5.41, 5.74) is 3.82. The van der Waals surface area contributed by atoms with Gasteiger partial charge in [0.25, 0.3) is 0 Å². The Balaban J connectivity index is 1.64. The van der Waals surface area contributed by atoms with E-state index < -0.39 is 0 Å². The molecule has 1 N–H and O–H groups in total. The number of rotatable bonds is 1. The Morgan fingerprint density at radius 2 is 1.82 bits per heavy atom. The van der Waals surface area contributed by atoms with Crippen molar-refractivity contribution >= 4 is 17.7 Å². The SMILES string of the molecule is Cc1cccc(N2CCN(C(=O)N3CCNC3=O)CC2)c1C. The number of hydrogen-bond acceptors (Lipinski definition) is 3. The van der Waals surface area contributed by atoms with Crippen molar-refractivity contribution in [2.24, 2.45) is 0 Å². The van der Waals surface area contributed by atoms with E-state index in [-0.39, 0.29) is 12.1 Å². The van der Waals surface area contributed by atoms with Gasteiger partial charge in [0, 0.05) is 45.0 Å². The van der Waals surface area contributed by atoms with Crippen LogP contribution in [-0.2, 0) is 0 Å². The zero-order chi connectivity index (χ0) is 15.7. The van der Waals surface area contributed by atoms with Gasteiger partial charge in [-0.1, -0.05) is 12.1 Å². The predicted molar refractivity (Wildman–Crippen MR) is 85.2 cm³/mol. The smallest absolute Gasteiger partial charge is 0.328 e. The van der Waals surface area contributed by atoms with E-state index in [1.807, 2.05) is 0 Å². The van der Waals surface area contributed by atoms with E-state index in [0.29, 0.717) is 26.2 Å². The molecule has 0 spiro atoms. The van der Waals surface area contributed by atoms with Gasteiger partial charge in [0.05, 0.1) is 0 Å². The molecule has 0 bridgehead atoms. The Hall–Kier alpha value is -2.24. The van der Waals surface area contributed by atoms with Crippen LogP contribution in [-0.4, -0.2) is 61.1 Å². The highest BCUT2D eigenvalue weighted by Crippen LogP contribution is 2.24. The minimum absolute atomic E-state index is 0.171. The van der Waals surface area contributed by atoms with Gasteiger partial charge in [-0.3, -0.25) is 0 Å². The van der Waals surface area contributed by atoms with E-state index in [4.69, 9.17) is 0 Å². The van der Waals surface area contributed by atoms with Crippen LogP contribution >= 0.6 is 0 Å². The van der Waals surface area contributed by atoms with Crippen LogP contribution in [0.4, 0.5) is 15.3 Å². The van der Waals surface area contributed by atoms with E-state index in [9.17, 15) is 9.59 Å². The molecule has 0 atom stereocenters. The number of nitrogens with zero attached hydrogens (tertiary/aromatic N) is 3.